The van der Waals surface area contributed by atoms with E-state index in [1.807, 2.05) is 11.3 Å². The number of hydrogen-bond donors (Lipinski definition) is 0. The van der Waals surface area contributed by atoms with Crippen LogP contribution in [0.3, 0.4) is 0 Å². The highest BCUT2D eigenvalue weighted by atomic mass is 79.9. The molecule has 0 aromatic carbocycles. The summed E-state index contributed by atoms with van der Waals surface area (Å²) in [7, 11) is 5.92. The van der Waals surface area contributed by atoms with Crippen LogP contribution in [-0.2, 0) is 6.42 Å². The molecule has 0 nitrogen and oxygen atoms in total. The Kier molecular flexibility index (Phi) is 7.13. The monoisotopic (exact) mass is 304 g/mol. The summed E-state index contributed by atoms with van der Waals surface area (Å²) in [5.74, 6) is 0. The first-order valence-corrected chi connectivity index (χ1v) is 9.56. The molecule has 4 heteroatoms. The summed E-state index contributed by atoms with van der Waals surface area (Å²) in [6.45, 7) is 2.25. The number of thiophene rings is 1. The van der Waals surface area contributed by atoms with E-state index in [-0.39, 0.29) is 0 Å². The van der Waals surface area contributed by atoms with Gasteiger partial charge in [0.25, 0.3) is 0 Å². The van der Waals surface area contributed by atoms with Crippen molar-refractivity contribution in [3.8, 4) is 0 Å². The molecular formula is C10H14BrClMgS. The van der Waals surface area contributed by atoms with E-state index >= 15 is 0 Å². The lowest BCUT2D eigenvalue weighted by atomic mass is 10.1. The fourth-order valence-electron chi connectivity index (χ4n) is 1.44. The molecule has 0 radical (unpaired) electrons. The van der Waals surface area contributed by atoms with Crippen LogP contribution in [0.5, 0.6) is 0 Å². The van der Waals surface area contributed by atoms with E-state index in [9.17, 15) is 0 Å². The van der Waals surface area contributed by atoms with Gasteiger partial charge in [0.15, 0.2) is 0 Å². The number of hydrogen-bond acceptors (Lipinski definition) is 1. The van der Waals surface area contributed by atoms with Crippen LogP contribution in [0.4, 0.5) is 0 Å². The fourth-order valence-corrected chi connectivity index (χ4v) is 5.43. The number of rotatable bonds is 6. The molecule has 0 aliphatic heterocycles. The second kappa shape index (κ2) is 7.50. The summed E-state index contributed by atoms with van der Waals surface area (Å²) in [5.41, 5.74) is 1.47. The van der Waals surface area contributed by atoms with E-state index in [1.165, 1.54) is 44.5 Å². The number of aryl methyl sites for hydroxylation is 1. The number of unbranched alkanes of at least 4 members (excludes halogenated alkanes) is 3. The van der Waals surface area contributed by atoms with Gasteiger partial charge in [-0.1, -0.05) is 35.3 Å². The first kappa shape index (κ1) is 13.3. The van der Waals surface area contributed by atoms with Crippen molar-refractivity contribution in [2.45, 2.75) is 39.0 Å². The first-order valence-electron chi connectivity index (χ1n) is 5.11. The van der Waals surface area contributed by atoms with E-state index in [1.54, 1.807) is 0 Å². The maximum atomic E-state index is 5.92. The van der Waals surface area contributed by atoms with Gasteiger partial charge in [-0.3, -0.25) is 0 Å². The molecule has 1 rings (SSSR count). The molecule has 1 aromatic heterocycles. The van der Waals surface area contributed by atoms with Gasteiger partial charge in [0.1, 0.15) is 0 Å². The Bertz CT molecular complexity index is 275. The minimum absolute atomic E-state index is 0.481. The molecule has 0 spiro atoms. The van der Waals surface area contributed by atoms with Crippen molar-refractivity contribution in [1.29, 1.82) is 0 Å². The SMILES string of the molecule is CCCCCCc1c[c]([Mg][Cl])sc1Br. The Hall–Kier alpha value is 1.24. The van der Waals surface area contributed by atoms with Gasteiger partial charge in [-0.15, -0.1) is 0 Å². The molecule has 76 valence electrons. The molecule has 0 atom stereocenters. The summed E-state index contributed by atoms with van der Waals surface area (Å²) < 4.78 is 2.71. The van der Waals surface area contributed by atoms with Gasteiger partial charge >= 0.3 is 19.3 Å². The molecule has 0 amide bonds. The standard InChI is InChI=1S/C10H14BrS.ClH.Mg/c1-2-3-4-5-6-9-7-8-12-10(9)11;;/h7H,2-6H2,1H3;1H;/q;;+1/p-1. The Morgan fingerprint density at radius 3 is 2.79 bits per heavy atom. The van der Waals surface area contributed by atoms with E-state index < -0.39 is 19.3 Å². The van der Waals surface area contributed by atoms with Crippen molar-refractivity contribution in [2.75, 3.05) is 0 Å². The van der Waals surface area contributed by atoms with E-state index in [2.05, 4.69) is 28.9 Å². The molecule has 0 saturated heterocycles. The van der Waals surface area contributed by atoms with Gasteiger partial charge in [0.2, 0.25) is 0 Å². The third-order valence-electron chi connectivity index (χ3n) is 2.24. The minimum atomic E-state index is -0.481. The van der Waals surface area contributed by atoms with Crippen LogP contribution in [0.15, 0.2) is 9.85 Å². The lowest BCUT2D eigenvalue weighted by Crippen LogP contribution is -2.00. The summed E-state index contributed by atoms with van der Waals surface area (Å²) in [6.07, 6.45) is 6.55. The maximum Gasteiger partial charge on any atom is 0.551 e. The summed E-state index contributed by atoms with van der Waals surface area (Å²) in [6, 6.07) is 2.29. The predicted molar refractivity (Wildman–Crippen MR) is 71.1 cm³/mol. The molecule has 0 fully saturated rings. The van der Waals surface area contributed by atoms with Crippen molar-refractivity contribution in [3.63, 3.8) is 0 Å². The summed E-state index contributed by atoms with van der Waals surface area (Å²) >= 11 is 4.95. The zero-order valence-corrected chi connectivity index (χ0v) is 13.1. The van der Waals surface area contributed by atoms with E-state index in [0.29, 0.717) is 0 Å². The van der Waals surface area contributed by atoms with Crippen LogP contribution in [0, 0.1) is 0 Å². The average Bonchev–Trinajstić information content (AvgIpc) is 2.54. The molecule has 0 N–H and O–H groups in total. The van der Waals surface area contributed by atoms with Crippen molar-refractivity contribution in [1.82, 2.24) is 0 Å². The highest BCUT2D eigenvalue weighted by Gasteiger charge is 2.06. The third-order valence-corrected chi connectivity index (χ3v) is 6.73. The smallest absolute Gasteiger partial charge is 0.334 e. The zero-order valence-electron chi connectivity index (χ0n) is 8.48. The minimum Gasteiger partial charge on any atom is -0.334 e. The Labute approximate surface area is 112 Å². The Morgan fingerprint density at radius 1 is 1.43 bits per heavy atom. The topological polar surface area (TPSA) is 0 Å². The second-order valence-corrected chi connectivity index (χ2v) is 8.25. The van der Waals surface area contributed by atoms with Crippen LogP contribution in [-0.4, -0.2) is 19.3 Å². The van der Waals surface area contributed by atoms with Crippen LogP contribution < -0.4 is 3.01 Å². The largest absolute Gasteiger partial charge is 0.551 e. The first-order chi connectivity index (χ1) is 6.77. The van der Waals surface area contributed by atoms with Gasteiger partial charge < -0.3 is 9.07 Å². The normalized spacial score (nSPS) is 10.2. The summed E-state index contributed by atoms with van der Waals surface area (Å²) in [4.78, 5) is 0. The van der Waals surface area contributed by atoms with Gasteiger partial charge in [0.05, 0.1) is 3.79 Å². The van der Waals surface area contributed by atoms with Crippen molar-refractivity contribution in [2.24, 2.45) is 0 Å². The van der Waals surface area contributed by atoms with Gasteiger partial charge in [-0.25, -0.2) is 0 Å². The molecule has 0 saturated carbocycles. The quantitative estimate of drug-likeness (QED) is 0.548. The zero-order chi connectivity index (χ0) is 10.4. The van der Waals surface area contributed by atoms with Crippen LogP contribution >= 0.6 is 36.3 Å². The predicted octanol–water partition coefficient (Wildman–Crippen LogP) is 4.12. The van der Waals surface area contributed by atoms with Crippen molar-refractivity contribution >= 4 is 58.6 Å². The fraction of sp³-hybridized carbons (Fsp3) is 0.600. The van der Waals surface area contributed by atoms with Crippen LogP contribution in [0.1, 0.15) is 38.2 Å². The molecule has 0 unspecified atom stereocenters. The van der Waals surface area contributed by atoms with E-state index in [4.69, 9.17) is 9.07 Å². The molecule has 14 heavy (non-hydrogen) atoms. The molecule has 0 aliphatic carbocycles. The highest BCUT2D eigenvalue weighted by molar-refractivity contribution is 9.11. The molecular weight excluding hydrogens is 292 g/mol. The van der Waals surface area contributed by atoms with Crippen molar-refractivity contribution < 1.29 is 0 Å². The van der Waals surface area contributed by atoms with Gasteiger partial charge in [0, 0.05) is 0 Å². The van der Waals surface area contributed by atoms with Crippen molar-refractivity contribution in [3.05, 3.63) is 15.4 Å². The highest BCUT2D eigenvalue weighted by Crippen LogP contribution is 2.23. The Morgan fingerprint density at radius 2 is 2.21 bits per heavy atom. The average molecular weight is 306 g/mol. The van der Waals surface area contributed by atoms with Gasteiger partial charge in [-0.05, 0) is 34.3 Å². The summed E-state index contributed by atoms with van der Waals surface area (Å²) in [5, 5.41) is 0. The van der Waals surface area contributed by atoms with Gasteiger partial charge in [-0.2, -0.15) is 11.3 Å². The molecule has 0 aliphatic rings. The maximum absolute atomic E-state index is 5.92. The molecule has 1 aromatic rings. The van der Waals surface area contributed by atoms with Crippen LogP contribution in [0.25, 0.3) is 0 Å². The Balaban J connectivity index is 2.38. The second-order valence-electron chi connectivity index (χ2n) is 3.46. The third kappa shape index (κ3) is 4.39. The lowest BCUT2D eigenvalue weighted by Gasteiger charge is -1.98. The molecule has 0 bridgehead atoms. The lowest BCUT2D eigenvalue weighted by molar-refractivity contribution is 0.667. The van der Waals surface area contributed by atoms with Crippen LogP contribution in [0.2, 0.25) is 0 Å². The number of halogens is 2. The molecule has 1 heterocycles. The van der Waals surface area contributed by atoms with E-state index in [0.717, 1.165) is 0 Å².